The molecule has 2 aromatic carbocycles. The molecule has 1 amide bonds. The first-order chi connectivity index (χ1) is 14.0. The normalized spacial score (nSPS) is 10.7. The number of hydrogen-bond acceptors (Lipinski definition) is 6. The van der Waals surface area contributed by atoms with Gasteiger partial charge in [0.15, 0.2) is 5.13 Å². The predicted molar refractivity (Wildman–Crippen MR) is 114 cm³/mol. The van der Waals surface area contributed by atoms with Crippen molar-refractivity contribution in [1.29, 1.82) is 0 Å². The second-order valence-corrected chi connectivity index (χ2v) is 7.16. The van der Waals surface area contributed by atoms with Crippen molar-refractivity contribution in [3.05, 3.63) is 75.2 Å². The average Bonchev–Trinajstić information content (AvgIpc) is 3.24. The Morgan fingerprint density at radius 2 is 1.86 bits per heavy atom. The Labute approximate surface area is 172 Å². The fourth-order valence-electron chi connectivity index (χ4n) is 2.78. The number of rotatable bonds is 8. The van der Waals surface area contributed by atoms with Gasteiger partial charge in [-0.3, -0.25) is 19.8 Å². The number of non-ortho nitro benzene ring substituents is 1. The number of ether oxygens (including phenoxy) is 1. The molecule has 0 N–H and O–H groups in total. The van der Waals surface area contributed by atoms with Crippen LogP contribution >= 0.6 is 11.3 Å². The molecule has 0 radical (unpaired) electrons. The number of nitro groups is 1. The molecule has 0 aliphatic rings. The third kappa shape index (κ3) is 4.85. The van der Waals surface area contributed by atoms with Crippen LogP contribution in [0.2, 0.25) is 0 Å². The highest BCUT2D eigenvalue weighted by atomic mass is 32.1. The van der Waals surface area contributed by atoms with Crippen LogP contribution in [0, 0.1) is 10.1 Å². The first-order valence-electron chi connectivity index (χ1n) is 9.13. The number of hydrogen-bond donors (Lipinski definition) is 0. The van der Waals surface area contributed by atoms with Crippen molar-refractivity contribution in [2.24, 2.45) is 0 Å². The van der Waals surface area contributed by atoms with Crippen LogP contribution in [0.5, 0.6) is 0 Å². The number of nitro benzene ring substituents is 1. The lowest BCUT2D eigenvalue weighted by molar-refractivity contribution is -0.384. The summed E-state index contributed by atoms with van der Waals surface area (Å²) in [6.07, 6.45) is 0.910. The third-order valence-electron chi connectivity index (χ3n) is 4.47. The Hall–Kier alpha value is -3.10. The van der Waals surface area contributed by atoms with Crippen molar-refractivity contribution in [2.75, 3.05) is 25.2 Å². The van der Waals surface area contributed by atoms with E-state index in [2.05, 4.69) is 11.9 Å². The number of carbonyl (C=O) groups excluding carboxylic acids is 1. The van der Waals surface area contributed by atoms with Gasteiger partial charge in [0.2, 0.25) is 0 Å². The summed E-state index contributed by atoms with van der Waals surface area (Å²) in [5.74, 6) is -0.144. The molecule has 0 bridgehead atoms. The van der Waals surface area contributed by atoms with Crippen molar-refractivity contribution in [2.45, 2.75) is 13.3 Å². The Kier molecular flexibility index (Phi) is 6.69. The summed E-state index contributed by atoms with van der Waals surface area (Å²) in [6.45, 7) is 2.82. The summed E-state index contributed by atoms with van der Waals surface area (Å²) < 4.78 is 5.16. The maximum atomic E-state index is 13.1. The van der Waals surface area contributed by atoms with E-state index in [1.54, 1.807) is 24.1 Å². The summed E-state index contributed by atoms with van der Waals surface area (Å²) >= 11 is 1.35. The Balaban J connectivity index is 1.86. The van der Waals surface area contributed by atoms with Gasteiger partial charge in [-0.05, 0) is 36.2 Å². The van der Waals surface area contributed by atoms with Crippen LogP contribution in [0.15, 0.2) is 53.9 Å². The smallest absolute Gasteiger partial charge is 0.269 e. The Morgan fingerprint density at radius 3 is 2.45 bits per heavy atom. The van der Waals surface area contributed by atoms with Crippen LogP contribution in [0.4, 0.5) is 10.8 Å². The third-order valence-corrected chi connectivity index (χ3v) is 5.33. The molecular weight excluding hydrogens is 390 g/mol. The highest BCUT2D eigenvalue weighted by molar-refractivity contribution is 7.14. The monoisotopic (exact) mass is 411 g/mol. The van der Waals surface area contributed by atoms with E-state index in [1.807, 2.05) is 29.6 Å². The molecule has 0 aliphatic carbocycles. The van der Waals surface area contributed by atoms with E-state index in [1.165, 1.54) is 29.0 Å². The molecular formula is C21H21N3O4S. The minimum absolute atomic E-state index is 0.0247. The molecule has 3 aromatic rings. The Bertz CT molecular complexity index is 984. The SMILES string of the molecule is CCc1ccc(C(=O)N(CCOC)c2nc(-c3ccc([N+](=O)[O-])cc3)cs2)cc1. The van der Waals surface area contributed by atoms with Gasteiger partial charge in [-0.1, -0.05) is 19.1 Å². The molecule has 1 aromatic heterocycles. The van der Waals surface area contributed by atoms with Crippen molar-refractivity contribution >= 4 is 28.1 Å². The van der Waals surface area contributed by atoms with Crippen LogP contribution < -0.4 is 4.90 Å². The second-order valence-electron chi connectivity index (χ2n) is 6.32. The number of aryl methyl sites for hydroxylation is 1. The number of aromatic nitrogens is 1. The van der Waals surface area contributed by atoms with E-state index < -0.39 is 4.92 Å². The van der Waals surface area contributed by atoms with Gasteiger partial charge in [-0.25, -0.2) is 4.98 Å². The van der Waals surface area contributed by atoms with Gasteiger partial charge in [0.1, 0.15) is 0 Å². The zero-order valence-corrected chi connectivity index (χ0v) is 17.0. The summed E-state index contributed by atoms with van der Waals surface area (Å²) in [4.78, 5) is 29.7. The number of methoxy groups -OCH3 is 1. The molecule has 8 heteroatoms. The first kappa shape index (κ1) is 20.6. The van der Waals surface area contributed by atoms with Crippen LogP contribution in [0.25, 0.3) is 11.3 Å². The topological polar surface area (TPSA) is 85.6 Å². The standard InChI is InChI=1S/C21H21N3O4S/c1-3-15-4-6-17(7-5-15)20(25)23(12-13-28-2)21-22-19(14-29-21)16-8-10-18(11-9-16)24(26)27/h4-11,14H,3,12-13H2,1-2H3. The van der Waals surface area contributed by atoms with Crippen molar-refractivity contribution < 1.29 is 14.5 Å². The minimum Gasteiger partial charge on any atom is -0.383 e. The number of benzene rings is 2. The molecule has 0 aliphatic heterocycles. The highest BCUT2D eigenvalue weighted by Crippen LogP contribution is 2.29. The van der Waals surface area contributed by atoms with Gasteiger partial charge in [-0.15, -0.1) is 11.3 Å². The van der Waals surface area contributed by atoms with Crippen LogP contribution in [-0.4, -0.2) is 36.1 Å². The van der Waals surface area contributed by atoms with Crippen molar-refractivity contribution in [1.82, 2.24) is 4.98 Å². The summed E-state index contributed by atoms with van der Waals surface area (Å²) in [7, 11) is 1.59. The molecule has 150 valence electrons. The molecule has 0 unspecified atom stereocenters. The zero-order chi connectivity index (χ0) is 20.8. The lowest BCUT2D eigenvalue weighted by Gasteiger charge is -2.19. The van der Waals surface area contributed by atoms with E-state index in [-0.39, 0.29) is 11.6 Å². The summed E-state index contributed by atoms with van der Waals surface area (Å²) in [6, 6.07) is 13.7. The highest BCUT2D eigenvalue weighted by Gasteiger charge is 2.21. The second kappa shape index (κ2) is 9.40. The van der Waals surface area contributed by atoms with E-state index in [4.69, 9.17) is 4.74 Å². The van der Waals surface area contributed by atoms with E-state index in [0.717, 1.165) is 12.0 Å². The molecule has 0 spiro atoms. The lowest BCUT2D eigenvalue weighted by atomic mass is 10.1. The van der Waals surface area contributed by atoms with Gasteiger partial charge >= 0.3 is 0 Å². The largest absolute Gasteiger partial charge is 0.383 e. The molecule has 7 nitrogen and oxygen atoms in total. The fourth-order valence-corrected chi connectivity index (χ4v) is 3.64. The molecule has 0 saturated carbocycles. The molecule has 0 atom stereocenters. The van der Waals surface area contributed by atoms with Gasteiger partial charge < -0.3 is 4.74 Å². The molecule has 29 heavy (non-hydrogen) atoms. The number of carbonyl (C=O) groups is 1. The van der Waals surface area contributed by atoms with Gasteiger partial charge in [0.25, 0.3) is 11.6 Å². The number of amides is 1. The van der Waals surface area contributed by atoms with Crippen molar-refractivity contribution in [3.8, 4) is 11.3 Å². The van der Waals surface area contributed by atoms with E-state index in [9.17, 15) is 14.9 Å². The average molecular weight is 411 g/mol. The molecule has 0 saturated heterocycles. The minimum atomic E-state index is -0.439. The first-order valence-corrected chi connectivity index (χ1v) is 10.0. The molecule has 0 fully saturated rings. The van der Waals surface area contributed by atoms with Crippen molar-refractivity contribution in [3.63, 3.8) is 0 Å². The molecule has 3 rings (SSSR count). The number of anilines is 1. The summed E-state index contributed by atoms with van der Waals surface area (Å²) in [5.41, 5.74) is 3.20. The fraction of sp³-hybridized carbons (Fsp3) is 0.238. The quantitative estimate of drug-likeness (QED) is 0.400. The van der Waals surface area contributed by atoms with Crippen LogP contribution in [0.3, 0.4) is 0 Å². The number of thiazole rings is 1. The van der Waals surface area contributed by atoms with E-state index in [0.29, 0.717) is 29.5 Å². The van der Waals surface area contributed by atoms with Gasteiger partial charge in [-0.2, -0.15) is 0 Å². The van der Waals surface area contributed by atoms with Crippen LogP contribution in [0.1, 0.15) is 22.8 Å². The zero-order valence-electron chi connectivity index (χ0n) is 16.2. The maximum Gasteiger partial charge on any atom is 0.269 e. The maximum absolute atomic E-state index is 13.1. The van der Waals surface area contributed by atoms with Gasteiger partial charge in [0.05, 0.1) is 23.8 Å². The van der Waals surface area contributed by atoms with E-state index >= 15 is 0 Å². The Morgan fingerprint density at radius 1 is 1.17 bits per heavy atom. The van der Waals surface area contributed by atoms with Gasteiger partial charge in [0, 0.05) is 35.7 Å². The predicted octanol–water partition coefficient (Wildman–Crippen LogP) is 4.57. The molecule has 1 heterocycles. The number of nitrogens with zero attached hydrogens (tertiary/aromatic N) is 3. The summed E-state index contributed by atoms with van der Waals surface area (Å²) in [5, 5.41) is 13.2. The lowest BCUT2D eigenvalue weighted by Crippen LogP contribution is -2.33. The van der Waals surface area contributed by atoms with Crippen LogP contribution in [-0.2, 0) is 11.2 Å².